The fraction of sp³-hybridized carbons (Fsp3) is 0.273. The first kappa shape index (κ1) is 14.0. The molecule has 9 heteroatoms. The molecule has 1 heterocycles. The third-order valence-corrected chi connectivity index (χ3v) is 2.46. The van der Waals surface area contributed by atoms with Crippen LogP contribution < -0.4 is 5.32 Å². The normalized spacial score (nSPS) is 12.9. The van der Waals surface area contributed by atoms with E-state index in [9.17, 15) is 18.0 Å². The van der Waals surface area contributed by atoms with Gasteiger partial charge in [0.1, 0.15) is 12.9 Å². The van der Waals surface area contributed by atoms with Crippen LogP contribution in [0.5, 0.6) is 0 Å². The van der Waals surface area contributed by atoms with Gasteiger partial charge >= 0.3 is 6.18 Å². The zero-order chi connectivity index (χ0) is 14.6. The van der Waals surface area contributed by atoms with Crippen LogP contribution in [0.15, 0.2) is 36.7 Å². The van der Waals surface area contributed by atoms with Crippen molar-refractivity contribution in [2.45, 2.75) is 18.8 Å². The third kappa shape index (κ3) is 3.53. The first-order valence-electron chi connectivity index (χ1n) is 5.58. The minimum absolute atomic E-state index is 0.0370. The van der Waals surface area contributed by atoms with Crippen molar-refractivity contribution in [2.24, 2.45) is 0 Å². The molecule has 0 aliphatic rings. The lowest BCUT2D eigenvalue weighted by molar-refractivity contribution is -0.163. The van der Waals surface area contributed by atoms with Gasteiger partial charge < -0.3 is 5.32 Å². The van der Waals surface area contributed by atoms with E-state index in [1.807, 2.05) is 5.32 Å². The van der Waals surface area contributed by atoms with Crippen molar-refractivity contribution in [3.63, 3.8) is 0 Å². The Morgan fingerprint density at radius 3 is 2.55 bits per heavy atom. The molecule has 20 heavy (non-hydrogen) atoms. The summed E-state index contributed by atoms with van der Waals surface area (Å²) >= 11 is 0. The molecule has 0 aliphatic heterocycles. The fourth-order valence-electron chi connectivity index (χ4n) is 1.61. The molecule has 0 spiro atoms. The molecule has 0 saturated carbocycles. The lowest BCUT2D eigenvalue weighted by Crippen LogP contribution is -2.39. The smallest absolute Gasteiger partial charge is 0.339 e. The van der Waals surface area contributed by atoms with E-state index in [4.69, 9.17) is 0 Å². The zero-order valence-electron chi connectivity index (χ0n) is 10.1. The number of hydrogen-bond acceptors (Lipinski definition) is 4. The monoisotopic (exact) mass is 285 g/mol. The lowest BCUT2D eigenvalue weighted by Gasteiger charge is -2.21. The van der Waals surface area contributed by atoms with E-state index in [0.717, 1.165) is 11.0 Å². The van der Waals surface area contributed by atoms with Crippen molar-refractivity contribution >= 4 is 5.91 Å². The number of benzene rings is 1. The Labute approximate surface area is 111 Å². The van der Waals surface area contributed by atoms with Crippen molar-refractivity contribution in [1.29, 1.82) is 0 Å². The Bertz CT molecular complexity index is 555. The maximum atomic E-state index is 13.0. The quantitative estimate of drug-likeness (QED) is 0.912. The number of alkyl halides is 3. The molecule has 106 valence electrons. The van der Waals surface area contributed by atoms with Gasteiger partial charge in [-0.1, -0.05) is 30.3 Å². The van der Waals surface area contributed by atoms with E-state index < -0.39 is 18.1 Å². The van der Waals surface area contributed by atoms with Gasteiger partial charge in [0.05, 0.1) is 0 Å². The van der Waals surface area contributed by atoms with E-state index in [1.165, 1.54) is 24.3 Å². The first-order chi connectivity index (χ1) is 9.47. The molecule has 1 aromatic carbocycles. The van der Waals surface area contributed by atoms with E-state index >= 15 is 0 Å². The van der Waals surface area contributed by atoms with Crippen LogP contribution >= 0.6 is 0 Å². The summed E-state index contributed by atoms with van der Waals surface area (Å²) in [5.41, 5.74) is -0.0370. The standard InChI is InChI=1S/C11H10F3N5O/c12-11(13,14)10(8-4-2-1-3-5-8)16-9(20)6-19-7-15-17-18-19/h1-5,7,10H,6H2,(H,16,20)/t10-/m0/s1. The second kappa shape index (κ2) is 5.68. The topological polar surface area (TPSA) is 72.7 Å². The summed E-state index contributed by atoms with van der Waals surface area (Å²) in [6.07, 6.45) is -3.44. The van der Waals surface area contributed by atoms with Crippen LogP contribution in [-0.4, -0.2) is 32.3 Å². The number of nitrogens with zero attached hydrogens (tertiary/aromatic N) is 4. The third-order valence-electron chi connectivity index (χ3n) is 2.46. The van der Waals surface area contributed by atoms with Gasteiger partial charge in [-0.2, -0.15) is 13.2 Å². The molecular weight excluding hydrogens is 275 g/mol. The van der Waals surface area contributed by atoms with E-state index in [-0.39, 0.29) is 12.1 Å². The van der Waals surface area contributed by atoms with Crippen molar-refractivity contribution in [3.05, 3.63) is 42.2 Å². The van der Waals surface area contributed by atoms with Crippen LogP contribution in [0.2, 0.25) is 0 Å². The number of carbonyl (C=O) groups is 1. The van der Waals surface area contributed by atoms with Gasteiger partial charge in [0.15, 0.2) is 6.04 Å². The molecule has 0 fully saturated rings. The highest BCUT2D eigenvalue weighted by Gasteiger charge is 2.41. The number of halogens is 3. The number of aromatic nitrogens is 4. The molecule has 0 unspecified atom stereocenters. The van der Waals surface area contributed by atoms with Gasteiger partial charge in [-0.15, -0.1) is 5.10 Å². The maximum absolute atomic E-state index is 13.0. The van der Waals surface area contributed by atoms with E-state index in [2.05, 4.69) is 15.5 Å². The average Bonchev–Trinajstić information content (AvgIpc) is 2.88. The van der Waals surface area contributed by atoms with Crippen LogP contribution in [0, 0.1) is 0 Å². The minimum Gasteiger partial charge on any atom is -0.339 e. The van der Waals surface area contributed by atoms with Crippen molar-refractivity contribution in [2.75, 3.05) is 0 Å². The molecule has 0 radical (unpaired) electrons. The van der Waals surface area contributed by atoms with Crippen LogP contribution in [0.1, 0.15) is 11.6 Å². The number of nitrogens with one attached hydrogen (secondary N) is 1. The lowest BCUT2D eigenvalue weighted by atomic mass is 10.1. The number of rotatable bonds is 4. The second-order valence-electron chi connectivity index (χ2n) is 3.96. The largest absolute Gasteiger partial charge is 0.412 e. The van der Waals surface area contributed by atoms with Gasteiger partial charge in [0.2, 0.25) is 5.91 Å². The van der Waals surface area contributed by atoms with Gasteiger partial charge in [-0.25, -0.2) is 4.68 Å². The van der Waals surface area contributed by atoms with Gasteiger partial charge in [-0.3, -0.25) is 4.79 Å². The summed E-state index contributed by atoms with van der Waals surface area (Å²) in [5.74, 6) is -0.830. The Morgan fingerprint density at radius 1 is 1.30 bits per heavy atom. The van der Waals surface area contributed by atoms with Gasteiger partial charge in [-0.05, 0) is 16.0 Å². The molecule has 1 N–H and O–H groups in total. The Balaban J connectivity index is 2.11. The summed E-state index contributed by atoms with van der Waals surface area (Å²) in [6, 6.07) is 5.08. The highest BCUT2D eigenvalue weighted by atomic mass is 19.4. The minimum atomic E-state index is -4.59. The molecule has 0 bridgehead atoms. The molecule has 1 amide bonds. The van der Waals surface area contributed by atoms with E-state index in [0.29, 0.717) is 0 Å². The zero-order valence-corrected chi connectivity index (χ0v) is 10.1. The molecule has 1 atom stereocenters. The van der Waals surface area contributed by atoms with E-state index in [1.54, 1.807) is 6.07 Å². The second-order valence-corrected chi connectivity index (χ2v) is 3.96. The summed E-state index contributed by atoms with van der Waals surface area (Å²) in [5, 5.41) is 11.9. The molecule has 1 aromatic heterocycles. The SMILES string of the molecule is O=C(Cn1cnnn1)N[C@@H](c1ccccc1)C(F)(F)F. The highest BCUT2D eigenvalue weighted by molar-refractivity contribution is 5.76. The van der Waals surface area contributed by atoms with Crippen LogP contribution in [-0.2, 0) is 11.3 Å². The van der Waals surface area contributed by atoms with Gasteiger partial charge in [0.25, 0.3) is 0 Å². The number of carbonyl (C=O) groups excluding carboxylic acids is 1. The fourth-order valence-corrected chi connectivity index (χ4v) is 1.61. The van der Waals surface area contributed by atoms with Crippen LogP contribution in [0.3, 0.4) is 0 Å². The molecule has 0 aliphatic carbocycles. The predicted molar refractivity (Wildman–Crippen MR) is 61.2 cm³/mol. The average molecular weight is 285 g/mol. The summed E-state index contributed by atoms with van der Waals surface area (Å²) < 4.78 is 40.0. The highest BCUT2D eigenvalue weighted by Crippen LogP contribution is 2.32. The summed E-state index contributed by atoms with van der Waals surface area (Å²) in [4.78, 5) is 11.6. The summed E-state index contributed by atoms with van der Waals surface area (Å²) in [7, 11) is 0. The number of hydrogen-bond donors (Lipinski definition) is 1. The first-order valence-corrected chi connectivity index (χ1v) is 5.58. The number of tetrazole rings is 1. The molecular formula is C11H10F3N5O. The van der Waals surface area contributed by atoms with Crippen molar-refractivity contribution < 1.29 is 18.0 Å². The van der Waals surface area contributed by atoms with Crippen LogP contribution in [0.25, 0.3) is 0 Å². The van der Waals surface area contributed by atoms with Crippen molar-refractivity contribution in [3.8, 4) is 0 Å². The van der Waals surface area contributed by atoms with Crippen LogP contribution in [0.4, 0.5) is 13.2 Å². The Morgan fingerprint density at radius 2 is 2.00 bits per heavy atom. The molecule has 2 aromatic rings. The Hall–Kier alpha value is -2.45. The molecule has 0 saturated heterocycles. The number of amides is 1. The Kier molecular flexibility index (Phi) is 3.97. The van der Waals surface area contributed by atoms with Gasteiger partial charge in [0, 0.05) is 0 Å². The molecule has 6 nitrogen and oxygen atoms in total. The molecule has 2 rings (SSSR count). The maximum Gasteiger partial charge on any atom is 0.412 e. The predicted octanol–water partition coefficient (Wildman–Crippen LogP) is 1.09. The summed E-state index contributed by atoms with van der Waals surface area (Å²) in [6.45, 7) is -0.383. The van der Waals surface area contributed by atoms with Crippen molar-refractivity contribution in [1.82, 2.24) is 25.5 Å².